The number of likely N-dealkylation sites (tertiary alicyclic amines) is 1. The normalized spacial score (nSPS) is 19.8. The monoisotopic (exact) mass is 388 g/mol. The number of nitrogens with one attached hydrogen (secondary N) is 1. The number of rotatable bonds is 5. The molecule has 2 atom stereocenters. The highest BCUT2D eigenvalue weighted by Gasteiger charge is 2.40. The largest absolute Gasteiger partial charge is 0.481 e. The fourth-order valence-electron chi connectivity index (χ4n) is 3.33. The standard InChI is InChI=1S/C19H20N2O5S/c1-20-27(25,26)15-9-7-14(8-10-15)18(22)21-11-16(17(12-21)19(23)24)13-5-3-2-4-6-13/h2-10,16-17,20H,11-12H2,1H3,(H,23,24)/t16-,17-/m0/s1. The van der Waals surface area contributed by atoms with Crippen molar-refractivity contribution in [3.05, 3.63) is 65.7 Å². The van der Waals surface area contributed by atoms with Gasteiger partial charge >= 0.3 is 5.97 Å². The Morgan fingerprint density at radius 1 is 1.04 bits per heavy atom. The van der Waals surface area contributed by atoms with Crippen LogP contribution in [-0.4, -0.2) is 50.4 Å². The lowest BCUT2D eigenvalue weighted by Crippen LogP contribution is -2.30. The van der Waals surface area contributed by atoms with Crippen molar-refractivity contribution in [2.24, 2.45) is 5.92 Å². The van der Waals surface area contributed by atoms with E-state index >= 15 is 0 Å². The fraction of sp³-hybridized carbons (Fsp3) is 0.263. The molecule has 2 N–H and O–H groups in total. The molecule has 1 fully saturated rings. The van der Waals surface area contributed by atoms with Gasteiger partial charge in [-0.15, -0.1) is 0 Å². The SMILES string of the molecule is CNS(=O)(=O)c1ccc(C(=O)N2C[C@H](C(=O)O)[C@H](c3ccccc3)C2)cc1. The van der Waals surface area contributed by atoms with Gasteiger partial charge in [0.2, 0.25) is 10.0 Å². The first-order valence-corrected chi connectivity index (χ1v) is 9.92. The van der Waals surface area contributed by atoms with Crippen LogP contribution in [0.15, 0.2) is 59.5 Å². The summed E-state index contributed by atoms with van der Waals surface area (Å²) in [6.45, 7) is 0.417. The van der Waals surface area contributed by atoms with Crippen LogP contribution in [-0.2, 0) is 14.8 Å². The maximum atomic E-state index is 12.8. The average Bonchev–Trinajstić information content (AvgIpc) is 3.14. The zero-order chi connectivity index (χ0) is 19.6. The highest BCUT2D eigenvalue weighted by atomic mass is 32.2. The molecule has 1 aliphatic heterocycles. The minimum Gasteiger partial charge on any atom is -0.481 e. The van der Waals surface area contributed by atoms with Crippen molar-refractivity contribution in [2.45, 2.75) is 10.8 Å². The predicted octanol–water partition coefficient (Wildman–Crippen LogP) is 1.54. The molecule has 2 aromatic rings. The summed E-state index contributed by atoms with van der Waals surface area (Å²) in [6.07, 6.45) is 0. The summed E-state index contributed by atoms with van der Waals surface area (Å²) in [5.41, 5.74) is 1.21. The molecule has 0 aliphatic carbocycles. The Kier molecular flexibility index (Phi) is 5.29. The molecule has 0 spiro atoms. The Labute approximate surface area is 157 Å². The lowest BCUT2D eigenvalue weighted by atomic mass is 9.89. The lowest BCUT2D eigenvalue weighted by Gasteiger charge is -2.17. The van der Waals surface area contributed by atoms with Crippen LogP contribution in [0.2, 0.25) is 0 Å². The van der Waals surface area contributed by atoms with Crippen molar-refractivity contribution in [1.82, 2.24) is 9.62 Å². The molecule has 7 nitrogen and oxygen atoms in total. The van der Waals surface area contributed by atoms with Gasteiger partial charge in [-0.2, -0.15) is 0 Å². The van der Waals surface area contributed by atoms with E-state index in [9.17, 15) is 23.1 Å². The van der Waals surface area contributed by atoms with Gasteiger partial charge in [0.25, 0.3) is 5.91 Å². The molecule has 3 rings (SSSR count). The number of hydrogen-bond donors (Lipinski definition) is 2. The van der Waals surface area contributed by atoms with Crippen LogP contribution in [0.25, 0.3) is 0 Å². The van der Waals surface area contributed by atoms with Gasteiger partial charge in [-0.05, 0) is 36.9 Å². The summed E-state index contributed by atoms with van der Waals surface area (Å²) in [5.74, 6) is -2.21. The summed E-state index contributed by atoms with van der Waals surface area (Å²) in [4.78, 5) is 26.0. The van der Waals surface area contributed by atoms with Gasteiger partial charge in [0.15, 0.2) is 0 Å². The minimum absolute atomic E-state index is 0.0635. The second kappa shape index (κ2) is 7.50. The van der Waals surface area contributed by atoms with Crippen molar-refractivity contribution in [2.75, 3.05) is 20.1 Å². The van der Waals surface area contributed by atoms with E-state index in [0.29, 0.717) is 12.1 Å². The zero-order valence-electron chi connectivity index (χ0n) is 14.7. The molecule has 142 valence electrons. The average molecular weight is 388 g/mol. The number of carboxylic acids is 1. The van der Waals surface area contributed by atoms with Gasteiger partial charge in [-0.25, -0.2) is 13.1 Å². The number of amides is 1. The smallest absolute Gasteiger partial charge is 0.308 e. The molecule has 8 heteroatoms. The van der Waals surface area contributed by atoms with Crippen molar-refractivity contribution < 1.29 is 23.1 Å². The molecule has 1 saturated heterocycles. The summed E-state index contributed by atoms with van der Waals surface area (Å²) in [6, 6.07) is 14.9. The lowest BCUT2D eigenvalue weighted by molar-refractivity contribution is -0.141. The van der Waals surface area contributed by atoms with Crippen LogP contribution in [0.3, 0.4) is 0 Å². The zero-order valence-corrected chi connectivity index (χ0v) is 15.5. The Morgan fingerprint density at radius 2 is 1.67 bits per heavy atom. The molecular formula is C19H20N2O5S. The van der Waals surface area contributed by atoms with Crippen LogP contribution < -0.4 is 4.72 Å². The third-order valence-electron chi connectivity index (χ3n) is 4.83. The molecule has 0 radical (unpaired) electrons. The van der Waals surface area contributed by atoms with Gasteiger partial charge in [-0.3, -0.25) is 9.59 Å². The van der Waals surface area contributed by atoms with E-state index in [4.69, 9.17) is 0 Å². The molecule has 27 heavy (non-hydrogen) atoms. The van der Waals surface area contributed by atoms with Gasteiger partial charge in [-0.1, -0.05) is 30.3 Å². The predicted molar refractivity (Wildman–Crippen MR) is 98.9 cm³/mol. The third-order valence-corrected chi connectivity index (χ3v) is 6.26. The van der Waals surface area contributed by atoms with E-state index < -0.39 is 21.9 Å². The summed E-state index contributed by atoms with van der Waals surface area (Å²) >= 11 is 0. The van der Waals surface area contributed by atoms with Crippen molar-refractivity contribution >= 4 is 21.9 Å². The molecule has 1 aliphatic rings. The minimum atomic E-state index is -3.58. The number of hydrogen-bond acceptors (Lipinski definition) is 4. The van der Waals surface area contributed by atoms with Crippen LogP contribution in [0.1, 0.15) is 21.8 Å². The van der Waals surface area contributed by atoms with E-state index in [0.717, 1.165) is 5.56 Å². The van der Waals surface area contributed by atoms with E-state index in [2.05, 4.69) is 4.72 Å². The molecular weight excluding hydrogens is 368 g/mol. The number of benzene rings is 2. The van der Waals surface area contributed by atoms with E-state index in [1.807, 2.05) is 30.3 Å². The van der Waals surface area contributed by atoms with E-state index in [1.54, 1.807) is 0 Å². The highest BCUT2D eigenvalue weighted by Crippen LogP contribution is 2.33. The first-order chi connectivity index (χ1) is 12.8. The number of carbonyl (C=O) groups is 2. The molecule has 0 saturated carbocycles. The Hall–Kier alpha value is -2.71. The number of aliphatic carboxylic acids is 1. The first-order valence-electron chi connectivity index (χ1n) is 8.44. The molecule has 0 bridgehead atoms. The van der Waals surface area contributed by atoms with Crippen LogP contribution >= 0.6 is 0 Å². The second-order valence-electron chi connectivity index (χ2n) is 6.40. The number of sulfonamides is 1. The Morgan fingerprint density at radius 3 is 2.22 bits per heavy atom. The van der Waals surface area contributed by atoms with Gasteiger partial charge < -0.3 is 10.0 Å². The van der Waals surface area contributed by atoms with E-state index in [-0.39, 0.29) is 23.3 Å². The Bertz CT molecular complexity index is 942. The Balaban J connectivity index is 1.82. The van der Waals surface area contributed by atoms with E-state index in [1.165, 1.54) is 36.2 Å². The first kappa shape index (κ1) is 19.1. The van der Waals surface area contributed by atoms with Crippen LogP contribution in [0, 0.1) is 5.92 Å². The van der Waals surface area contributed by atoms with Gasteiger partial charge in [0.05, 0.1) is 10.8 Å². The van der Waals surface area contributed by atoms with Crippen molar-refractivity contribution in [1.29, 1.82) is 0 Å². The van der Waals surface area contributed by atoms with Gasteiger partial charge in [0.1, 0.15) is 0 Å². The quantitative estimate of drug-likeness (QED) is 0.809. The topological polar surface area (TPSA) is 104 Å². The second-order valence-corrected chi connectivity index (χ2v) is 8.29. The molecule has 0 unspecified atom stereocenters. The summed E-state index contributed by atoms with van der Waals surface area (Å²) < 4.78 is 25.8. The number of nitrogens with zero attached hydrogens (tertiary/aromatic N) is 1. The maximum absolute atomic E-state index is 12.8. The summed E-state index contributed by atoms with van der Waals surface area (Å²) in [5, 5.41) is 9.56. The maximum Gasteiger partial charge on any atom is 0.308 e. The number of carboxylic acid groups (broad SMARTS) is 1. The van der Waals surface area contributed by atoms with Gasteiger partial charge in [0, 0.05) is 24.6 Å². The molecule has 1 amide bonds. The molecule has 0 aromatic heterocycles. The molecule has 1 heterocycles. The molecule has 2 aromatic carbocycles. The highest BCUT2D eigenvalue weighted by molar-refractivity contribution is 7.89. The number of carbonyl (C=O) groups excluding carboxylic acids is 1. The van der Waals surface area contributed by atoms with Crippen molar-refractivity contribution in [3.8, 4) is 0 Å². The summed E-state index contributed by atoms with van der Waals surface area (Å²) in [7, 11) is -2.26. The third kappa shape index (κ3) is 3.86. The fourth-order valence-corrected chi connectivity index (χ4v) is 4.07. The van der Waals surface area contributed by atoms with Crippen LogP contribution in [0.5, 0.6) is 0 Å². The van der Waals surface area contributed by atoms with Crippen molar-refractivity contribution in [3.63, 3.8) is 0 Å². The van der Waals surface area contributed by atoms with Crippen LogP contribution in [0.4, 0.5) is 0 Å².